The van der Waals surface area contributed by atoms with E-state index in [1.54, 1.807) is 0 Å². The molecule has 0 heterocycles. The van der Waals surface area contributed by atoms with Gasteiger partial charge in [0.15, 0.2) is 0 Å². The number of ether oxygens (including phenoxy) is 1. The molecule has 2 N–H and O–H groups in total. The highest BCUT2D eigenvalue weighted by Crippen LogP contribution is 2.29. The van der Waals surface area contributed by atoms with Crippen molar-refractivity contribution in [1.82, 2.24) is 5.32 Å². The van der Waals surface area contributed by atoms with E-state index in [1.807, 2.05) is 12.1 Å². The molecule has 5 heteroatoms. The smallest absolute Gasteiger partial charge is 0.319 e. The molecule has 0 fully saturated rings. The molecule has 0 bridgehead atoms. The summed E-state index contributed by atoms with van der Waals surface area (Å²) in [6, 6.07) is 11.5. The summed E-state index contributed by atoms with van der Waals surface area (Å²) >= 11 is 0. The first kappa shape index (κ1) is 16.3. The SMILES string of the molecule is O=C(NCCOc1cccc2c1CCCC2)Nc1ccc(F)cc1. The normalized spacial score (nSPS) is 13.0. The number of hydrogen-bond donors (Lipinski definition) is 2. The van der Waals surface area contributed by atoms with Crippen molar-refractivity contribution in [2.45, 2.75) is 25.7 Å². The van der Waals surface area contributed by atoms with Crippen LogP contribution in [0.2, 0.25) is 0 Å². The van der Waals surface area contributed by atoms with Gasteiger partial charge < -0.3 is 15.4 Å². The highest BCUT2D eigenvalue weighted by molar-refractivity contribution is 5.89. The van der Waals surface area contributed by atoms with Gasteiger partial charge in [-0.15, -0.1) is 0 Å². The Balaban J connectivity index is 1.44. The Kier molecular flexibility index (Phi) is 5.31. The zero-order valence-corrected chi connectivity index (χ0v) is 13.5. The Hall–Kier alpha value is -2.56. The molecule has 0 saturated carbocycles. The molecule has 0 unspecified atom stereocenters. The second-order valence-electron chi connectivity index (χ2n) is 5.84. The van der Waals surface area contributed by atoms with E-state index in [9.17, 15) is 9.18 Å². The van der Waals surface area contributed by atoms with Gasteiger partial charge in [0.2, 0.25) is 0 Å². The fourth-order valence-corrected chi connectivity index (χ4v) is 2.92. The highest BCUT2D eigenvalue weighted by Gasteiger charge is 2.13. The third kappa shape index (κ3) is 4.25. The second kappa shape index (κ2) is 7.81. The van der Waals surface area contributed by atoms with Gasteiger partial charge in [0.05, 0.1) is 6.54 Å². The molecule has 1 aliphatic carbocycles. The van der Waals surface area contributed by atoms with Crippen LogP contribution in [0.15, 0.2) is 42.5 Å². The average molecular weight is 328 g/mol. The van der Waals surface area contributed by atoms with Crippen LogP contribution in [-0.2, 0) is 12.8 Å². The number of nitrogens with one attached hydrogen (secondary N) is 2. The first-order valence-electron chi connectivity index (χ1n) is 8.26. The molecule has 0 aliphatic heterocycles. The Morgan fingerprint density at radius 2 is 1.88 bits per heavy atom. The van der Waals surface area contributed by atoms with Gasteiger partial charge in [-0.1, -0.05) is 12.1 Å². The summed E-state index contributed by atoms with van der Waals surface area (Å²) in [7, 11) is 0. The number of fused-ring (bicyclic) bond motifs is 1. The second-order valence-corrected chi connectivity index (χ2v) is 5.84. The summed E-state index contributed by atoms with van der Waals surface area (Å²) in [5.74, 6) is 0.591. The molecule has 0 radical (unpaired) electrons. The number of hydrogen-bond acceptors (Lipinski definition) is 2. The van der Waals surface area contributed by atoms with Crippen molar-refractivity contribution in [1.29, 1.82) is 0 Å². The summed E-state index contributed by atoms with van der Waals surface area (Å²) < 4.78 is 18.6. The minimum atomic E-state index is -0.333. The van der Waals surface area contributed by atoms with E-state index < -0.39 is 0 Å². The third-order valence-corrected chi connectivity index (χ3v) is 4.10. The average Bonchev–Trinajstić information content (AvgIpc) is 2.61. The first-order chi connectivity index (χ1) is 11.7. The van der Waals surface area contributed by atoms with Crippen LogP contribution in [0, 0.1) is 5.82 Å². The van der Waals surface area contributed by atoms with Gasteiger partial charge in [-0.2, -0.15) is 0 Å². The number of carbonyl (C=O) groups is 1. The lowest BCUT2D eigenvalue weighted by Gasteiger charge is -2.19. The van der Waals surface area contributed by atoms with Gasteiger partial charge in [0.25, 0.3) is 0 Å². The van der Waals surface area contributed by atoms with E-state index in [0.717, 1.165) is 18.6 Å². The molecule has 2 amide bonds. The van der Waals surface area contributed by atoms with Crippen molar-refractivity contribution < 1.29 is 13.9 Å². The number of benzene rings is 2. The van der Waals surface area contributed by atoms with Crippen molar-refractivity contribution in [3.8, 4) is 5.75 Å². The van der Waals surface area contributed by atoms with Gasteiger partial charge in [-0.25, -0.2) is 9.18 Å². The van der Waals surface area contributed by atoms with Crippen LogP contribution >= 0.6 is 0 Å². The standard InChI is InChI=1S/C19H21FN2O2/c20-15-8-10-16(11-9-15)22-19(23)21-12-13-24-18-7-3-5-14-4-1-2-6-17(14)18/h3,5,7-11H,1-2,4,6,12-13H2,(H2,21,22,23). The molecule has 2 aromatic rings. The fourth-order valence-electron chi connectivity index (χ4n) is 2.92. The number of anilines is 1. The van der Waals surface area contributed by atoms with Crippen LogP contribution in [0.4, 0.5) is 14.9 Å². The maximum atomic E-state index is 12.8. The molecule has 126 valence electrons. The molecule has 24 heavy (non-hydrogen) atoms. The maximum absolute atomic E-state index is 12.8. The quantitative estimate of drug-likeness (QED) is 0.818. The molecule has 2 aromatic carbocycles. The Morgan fingerprint density at radius 3 is 2.71 bits per heavy atom. The molecular weight excluding hydrogens is 307 g/mol. The Morgan fingerprint density at radius 1 is 1.08 bits per heavy atom. The fraction of sp³-hybridized carbons (Fsp3) is 0.316. The lowest BCUT2D eigenvalue weighted by Crippen LogP contribution is -2.32. The molecule has 0 saturated heterocycles. The zero-order valence-electron chi connectivity index (χ0n) is 13.5. The van der Waals surface area contributed by atoms with Gasteiger partial charge in [-0.05, 0) is 67.1 Å². The van der Waals surface area contributed by atoms with E-state index in [2.05, 4.69) is 16.7 Å². The first-order valence-corrected chi connectivity index (χ1v) is 8.26. The van der Waals surface area contributed by atoms with E-state index in [4.69, 9.17) is 4.74 Å². The Labute approximate surface area is 141 Å². The van der Waals surface area contributed by atoms with Crippen molar-refractivity contribution >= 4 is 11.7 Å². The summed E-state index contributed by atoms with van der Waals surface area (Å²) in [6.07, 6.45) is 4.61. The monoisotopic (exact) mass is 328 g/mol. The van der Waals surface area contributed by atoms with Gasteiger partial charge in [-0.3, -0.25) is 0 Å². The lowest BCUT2D eigenvalue weighted by atomic mass is 9.91. The topological polar surface area (TPSA) is 50.4 Å². The van der Waals surface area contributed by atoms with Crippen molar-refractivity contribution in [3.63, 3.8) is 0 Å². The van der Waals surface area contributed by atoms with Crippen LogP contribution in [0.3, 0.4) is 0 Å². The van der Waals surface area contributed by atoms with Crippen LogP contribution in [0.5, 0.6) is 5.75 Å². The van der Waals surface area contributed by atoms with Gasteiger partial charge in [0.1, 0.15) is 18.2 Å². The van der Waals surface area contributed by atoms with Crippen molar-refractivity contribution in [2.75, 3.05) is 18.5 Å². The summed E-state index contributed by atoms with van der Waals surface area (Å²) in [6.45, 7) is 0.810. The molecule has 1 aliphatic rings. The molecular formula is C19H21FN2O2. The third-order valence-electron chi connectivity index (χ3n) is 4.10. The number of urea groups is 1. The van der Waals surface area contributed by atoms with Crippen LogP contribution in [-0.4, -0.2) is 19.2 Å². The number of halogens is 1. The van der Waals surface area contributed by atoms with Crippen LogP contribution < -0.4 is 15.4 Å². The van der Waals surface area contributed by atoms with Gasteiger partial charge >= 0.3 is 6.03 Å². The number of amides is 2. The maximum Gasteiger partial charge on any atom is 0.319 e. The lowest BCUT2D eigenvalue weighted by molar-refractivity contribution is 0.247. The molecule has 4 nitrogen and oxygen atoms in total. The predicted molar refractivity (Wildman–Crippen MR) is 92.0 cm³/mol. The molecule has 0 atom stereocenters. The predicted octanol–water partition coefficient (Wildman–Crippen LogP) is 3.91. The number of rotatable bonds is 5. The van der Waals surface area contributed by atoms with E-state index in [1.165, 1.54) is 48.2 Å². The molecule has 3 rings (SSSR count). The van der Waals surface area contributed by atoms with E-state index in [0.29, 0.717) is 18.8 Å². The molecule has 0 aromatic heterocycles. The highest BCUT2D eigenvalue weighted by atomic mass is 19.1. The van der Waals surface area contributed by atoms with E-state index in [-0.39, 0.29) is 11.8 Å². The largest absolute Gasteiger partial charge is 0.491 e. The number of carbonyl (C=O) groups excluding carboxylic acids is 1. The Bertz CT molecular complexity index is 701. The van der Waals surface area contributed by atoms with Crippen LogP contribution in [0.1, 0.15) is 24.0 Å². The van der Waals surface area contributed by atoms with Gasteiger partial charge in [0, 0.05) is 5.69 Å². The minimum absolute atomic E-state index is 0.333. The summed E-state index contributed by atoms with van der Waals surface area (Å²) in [5.41, 5.74) is 3.23. The van der Waals surface area contributed by atoms with Crippen molar-refractivity contribution in [2.24, 2.45) is 0 Å². The van der Waals surface area contributed by atoms with E-state index >= 15 is 0 Å². The summed E-state index contributed by atoms with van der Waals surface area (Å²) in [5, 5.41) is 5.37. The number of aryl methyl sites for hydroxylation is 1. The molecule has 0 spiro atoms. The zero-order chi connectivity index (χ0) is 16.8. The minimum Gasteiger partial charge on any atom is -0.491 e. The summed E-state index contributed by atoms with van der Waals surface area (Å²) in [4.78, 5) is 11.8. The van der Waals surface area contributed by atoms with Crippen molar-refractivity contribution in [3.05, 3.63) is 59.4 Å². The van der Waals surface area contributed by atoms with Crippen LogP contribution in [0.25, 0.3) is 0 Å².